The van der Waals surface area contributed by atoms with Gasteiger partial charge < -0.3 is 4.90 Å². The second kappa shape index (κ2) is 6.10. The van der Waals surface area contributed by atoms with Gasteiger partial charge in [-0.05, 0) is 29.7 Å². The van der Waals surface area contributed by atoms with Crippen LogP contribution in [0.4, 0.5) is 8.78 Å². The highest BCUT2D eigenvalue weighted by Gasteiger charge is 2.20. The van der Waals surface area contributed by atoms with Crippen molar-refractivity contribution in [3.8, 4) is 0 Å². The molecule has 0 fully saturated rings. The summed E-state index contributed by atoms with van der Waals surface area (Å²) in [6.07, 6.45) is 2.72. The second-order valence-corrected chi connectivity index (χ2v) is 5.25. The number of carbonyl (C=O) groups is 1. The van der Waals surface area contributed by atoms with Crippen LogP contribution in [0.1, 0.15) is 22.3 Å². The summed E-state index contributed by atoms with van der Waals surface area (Å²) in [5, 5.41) is 0. The van der Waals surface area contributed by atoms with E-state index in [9.17, 15) is 13.6 Å². The van der Waals surface area contributed by atoms with Crippen molar-refractivity contribution in [3.05, 3.63) is 77.4 Å². The van der Waals surface area contributed by atoms with Gasteiger partial charge in [-0.1, -0.05) is 36.4 Å². The van der Waals surface area contributed by atoms with E-state index in [-0.39, 0.29) is 11.5 Å². The van der Waals surface area contributed by atoms with Crippen molar-refractivity contribution in [2.75, 3.05) is 13.1 Å². The lowest BCUT2D eigenvalue weighted by Gasteiger charge is -2.26. The summed E-state index contributed by atoms with van der Waals surface area (Å²) in [6, 6.07) is 12.9. The van der Waals surface area contributed by atoms with Crippen LogP contribution in [-0.2, 0) is 0 Å². The molecular weight excluding hydrogens is 284 g/mol. The van der Waals surface area contributed by atoms with Crippen LogP contribution in [0.25, 0.3) is 5.57 Å². The number of hydrogen-bond acceptors (Lipinski definition) is 1. The quantitative estimate of drug-likeness (QED) is 0.823. The summed E-state index contributed by atoms with van der Waals surface area (Å²) < 4.78 is 26.4. The van der Waals surface area contributed by atoms with Crippen LogP contribution >= 0.6 is 0 Å². The van der Waals surface area contributed by atoms with E-state index in [1.165, 1.54) is 5.57 Å². The molecule has 0 saturated carbocycles. The van der Waals surface area contributed by atoms with Crippen LogP contribution in [0.5, 0.6) is 0 Å². The molecule has 22 heavy (non-hydrogen) atoms. The zero-order valence-corrected chi connectivity index (χ0v) is 11.9. The molecule has 1 aliphatic heterocycles. The third kappa shape index (κ3) is 3.06. The summed E-state index contributed by atoms with van der Waals surface area (Å²) in [7, 11) is 0. The Morgan fingerprint density at radius 2 is 1.68 bits per heavy atom. The van der Waals surface area contributed by atoms with Crippen LogP contribution in [0.3, 0.4) is 0 Å². The standard InChI is InChI=1S/C18H15F2NO/c19-16-10-15(11-17(20)12-16)18(22)21-8-6-14(7-9-21)13-4-2-1-3-5-13/h1-6,10-12H,7-9H2. The summed E-state index contributed by atoms with van der Waals surface area (Å²) in [6.45, 7) is 0.985. The first-order valence-electron chi connectivity index (χ1n) is 7.13. The molecular formula is C18H15F2NO. The number of carbonyl (C=O) groups excluding carboxylic acids is 1. The average molecular weight is 299 g/mol. The molecule has 3 rings (SSSR count). The Morgan fingerprint density at radius 1 is 1.00 bits per heavy atom. The van der Waals surface area contributed by atoms with Gasteiger partial charge in [0.25, 0.3) is 5.91 Å². The first-order valence-corrected chi connectivity index (χ1v) is 7.13. The molecule has 112 valence electrons. The largest absolute Gasteiger partial charge is 0.335 e. The molecule has 1 amide bonds. The van der Waals surface area contributed by atoms with Crippen LogP contribution in [-0.4, -0.2) is 23.9 Å². The summed E-state index contributed by atoms with van der Waals surface area (Å²) in [5.41, 5.74) is 2.38. The molecule has 4 heteroatoms. The smallest absolute Gasteiger partial charge is 0.254 e. The fourth-order valence-corrected chi connectivity index (χ4v) is 2.63. The van der Waals surface area contributed by atoms with Crippen molar-refractivity contribution >= 4 is 11.5 Å². The van der Waals surface area contributed by atoms with Gasteiger partial charge >= 0.3 is 0 Å². The Kier molecular flexibility index (Phi) is 4.00. The molecule has 0 N–H and O–H groups in total. The minimum absolute atomic E-state index is 0.0501. The molecule has 0 saturated heterocycles. The minimum atomic E-state index is -0.735. The van der Waals surface area contributed by atoms with Crippen molar-refractivity contribution < 1.29 is 13.6 Å². The molecule has 0 aliphatic carbocycles. The van der Waals surface area contributed by atoms with E-state index < -0.39 is 11.6 Å². The molecule has 0 radical (unpaired) electrons. The number of halogens is 2. The average Bonchev–Trinajstić information content (AvgIpc) is 2.54. The highest BCUT2D eigenvalue weighted by molar-refractivity contribution is 5.94. The van der Waals surface area contributed by atoms with Crippen molar-refractivity contribution in [1.29, 1.82) is 0 Å². The molecule has 1 heterocycles. The van der Waals surface area contributed by atoms with E-state index in [4.69, 9.17) is 0 Å². The van der Waals surface area contributed by atoms with Crippen molar-refractivity contribution in [2.45, 2.75) is 6.42 Å². The maximum absolute atomic E-state index is 13.2. The molecule has 0 unspecified atom stereocenters. The van der Waals surface area contributed by atoms with Gasteiger partial charge in [-0.2, -0.15) is 0 Å². The zero-order chi connectivity index (χ0) is 15.5. The Hall–Kier alpha value is -2.49. The fraction of sp³-hybridized carbons (Fsp3) is 0.167. The van der Waals surface area contributed by atoms with Crippen molar-refractivity contribution in [3.63, 3.8) is 0 Å². The number of amides is 1. The first-order chi connectivity index (χ1) is 10.6. The predicted octanol–water partition coefficient (Wildman–Crippen LogP) is 3.89. The maximum atomic E-state index is 13.2. The van der Waals surface area contributed by atoms with Crippen LogP contribution in [0.15, 0.2) is 54.6 Å². The predicted molar refractivity (Wildman–Crippen MR) is 81.3 cm³/mol. The topological polar surface area (TPSA) is 20.3 Å². The number of benzene rings is 2. The Bertz CT molecular complexity index is 705. The minimum Gasteiger partial charge on any atom is -0.335 e. The Balaban J connectivity index is 1.75. The SMILES string of the molecule is O=C(c1cc(F)cc(F)c1)N1CC=C(c2ccccc2)CC1. The number of rotatable bonds is 2. The number of hydrogen-bond donors (Lipinski definition) is 0. The molecule has 2 aromatic carbocycles. The third-order valence-corrected chi connectivity index (χ3v) is 3.75. The molecule has 2 nitrogen and oxygen atoms in total. The normalized spacial score (nSPS) is 14.6. The maximum Gasteiger partial charge on any atom is 0.254 e. The molecule has 0 aromatic heterocycles. The van der Waals surface area contributed by atoms with Crippen LogP contribution in [0, 0.1) is 11.6 Å². The van der Waals surface area contributed by atoms with Crippen LogP contribution < -0.4 is 0 Å². The lowest BCUT2D eigenvalue weighted by Crippen LogP contribution is -2.34. The summed E-state index contributed by atoms with van der Waals surface area (Å²) in [5.74, 6) is -1.82. The van der Waals surface area contributed by atoms with E-state index in [1.807, 2.05) is 36.4 Å². The molecule has 1 aliphatic rings. The second-order valence-electron chi connectivity index (χ2n) is 5.25. The van der Waals surface area contributed by atoms with E-state index in [1.54, 1.807) is 4.90 Å². The van der Waals surface area contributed by atoms with Gasteiger partial charge in [0.05, 0.1) is 0 Å². The van der Waals surface area contributed by atoms with Gasteiger partial charge in [0.15, 0.2) is 0 Å². The Labute approximate surface area is 127 Å². The van der Waals surface area contributed by atoms with E-state index >= 15 is 0 Å². The van der Waals surface area contributed by atoms with E-state index in [0.717, 1.165) is 30.2 Å². The van der Waals surface area contributed by atoms with Gasteiger partial charge in [0.2, 0.25) is 0 Å². The summed E-state index contributed by atoms with van der Waals surface area (Å²) >= 11 is 0. The zero-order valence-electron chi connectivity index (χ0n) is 11.9. The molecule has 0 atom stereocenters. The van der Waals surface area contributed by atoms with Crippen molar-refractivity contribution in [1.82, 2.24) is 4.90 Å². The lowest BCUT2D eigenvalue weighted by molar-refractivity contribution is 0.0772. The van der Waals surface area contributed by atoms with Gasteiger partial charge in [-0.15, -0.1) is 0 Å². The highest BCUT2D eigenvalue weighted by atomic mass is 19.1. The van der Waals surface area contributed by atoms with Gasteiger partial charge in [0, 0.05) is 24.7 Å². The van der Waals surface area contributed by atoms with Gasteiger partial charge in [-0.3, -0.25) is 4.79 Å². The third-order valence-electron chi connectivity index (χ3n) is 3.75. The fourth-order valence-electron chi connectivity index (χ4n) is 2.63. The number of nitrogens with zero attached hydrogens (tertiary/aromatic N) is 1. The highest BCUT2D eigenvalue weighted by Crippen LogP contribution is 2.23. The monoisotopic (exact) mass is 299 g/mol. The van der Waals surface area contributed by atoms with E-state index in [0.29, 0.717) is 13.1 Å². The lowest BCUT2D eigenvalue weighted by atomic mass is 9.99. The molecule has 2 aromatic rings. The Morgan fingerprint density at radius 3 is 2.27 bits per heavy atom. The van der Waals surface area contributed by atoms with Gasteiger partial charge in [0.1, 0.15) is 11.6 Å². The summed E-state index contributed by atoms with van der Waals surface area (Å²) in [4.78, 5) is 13.9. The van der Waals surface area contributed by atoms with Gasteiger partial charge in [-0.25, -0.2) is 8.78 Å². The van der Waals surface area contributed by atoms with E-state index in [2.05, 4.69) is 0 Å². The van der Waals surface area contributed by atoms with Crippen LogP contribution in [0.2, 0.25) is 0 Å². The molecule has 0 spiro atoms. The first kappa shape index (κ1) is 14.4. The molecule has 0 bridgehead atoms. The van der Waals surface area contributed by atoms with Crippen molar-refractivity contribution in [2.24, 2.45) is 0 Å².